The standard InChI is InChI=1S/C10H17N5/c1-11-9-7-6-12-5-4-8(7)13-10(14-9)15(2)3/h12H,4-6H2,1-3H3,(H,11,13,14). The summed E-state index contributed by atoms with van der Waals surface area (Å²) in [7, 11) is 5.82. The Morgan fingerprint density at radius 1 is 1.33 bits per heavy atom. The molecule has 1 aromatic heterocycles. The van der Waals surface area contributed by atoms with Crippen molar-refractivity contribution < 1.29 is 0 Å². The van der Waals surface area contributed by atoms with E-state index >= 15 is 0 Å². The second-order valence-corrected chi connectivity index (χ2v) is 3.87. The lowest BCUT2D eigenvalue weighted by Crippen LogP contribution is -2.27. The Hall–Kier alpha value is -1.36. The third-order valence-corrected chi connectivity index (χ3v) is 2.56. The monoisotopic (exact) mass is 207 g/mol. The van der Waals surface area contributed by atoms with E-state index in [1.807, 2.05) is 26.0 Å². The fourth-order valence-electron chi connectivity index (χ4n) is 1.74. The summed E-state index contributed by atoms with van der Waals surface area (Å²) in [5.41, 5.74) is 2.37. The van der Waals surface area contributed by atoms with E-state index in [1.54, 1.807) is 0 Å². The van der Waals surface area contributed by atoms with Crippen molar-refractivity contribution in [2.75, 3.05) is 37.9 Å². The third kappa shape index (κ3) is 1.87. The van der Waals surface area contributed by atoms with Gasteiger partial charge in [-0.15, -0.1) is 0 Å². The van der Waals surface area contributed by atoms with Crippen molar-refractivity contribution in [3.8, 4) is 0 Å². The first kappa shape index (κ1) is 10.2. The molecule has 0 spiro atoms. The minimum Gasteiger partial charge on any atom is -0.373 e. The molecule has 1 aliphatic rings. The van der Waals surface area contributed by atoms with E-state index in [-0.39, 0.29) is 0 Å². The van der Waals surface area contributed by atoms with Crippen LogP contribution in [0.3, 0.4) is 0 Å². The highest BCUT2D eigenvalue weighted by molar-refractivity contribution is 5.51. The number of nitrogens with zero attached hydrogens (tertiary/aromatic N) is 3. The van der Waals surface area contributed by atoms with Crippen molar-refractivity contribution in [3.63, 3.8) is 0 Å². The molecule has 15 heavy (non-hydrogen) atoms. The van der Waals surface area contributed by atoms with Crippen LogP contribution in [0.2, 0.25) is 0 Å². The van der Waals surface area contributed by atoms with Gasteiger partial charge in [0.1, 0.15) is 5.82 Å². The molecule has 0 unspecified atom stereocenters. The molecule has 5 nitrogen and oxygen atoms in total. The Labute approximate surface area is 89.9 Å². The van der Waals surface area contributed by atoms with E-state index in [9.17, 15) is 0 Å². The molecule has 0 fully saturated rings. The smallest absolute Gasteiger partial charge is 0.227 e. The maximum Gasteiger partial charge on any atom is 0.227 e. The number of hydrogen-bond acceptors (Lipinski definition) is 5. The zero-order chi connectivity index (χ0) is 10.8. The van der Waals surface area contributed by atoms with E-state index < -0.39 is 0 Å². The van der Waals surface area contributed by atoms with Gasteiger partial charge in [0.2, 0.25) is 5.95 Å². The van der Waals surface area contributed by atoms with Crippen molar-refractivity contribution >= 4 is 11.8 Å². The van der Waals surface area contributed by atoms with Crippen LogP contribution < -0.4 is 15.5 Å². The first-order valence-corrected chi connectivity index (χ1v) is 5.18. The molecule has 0 saturated carbocycles. The van der Waals surface area contributed by atoms with E-state index in [4.69, 9.17) is 0 Å². The van der Waals surface area contributed by atoms with Crippen molar-refractivity contribution in [1.29, 1.82) is 0 Å². The molecule has 0 bridgehead atoms. The zero-order valence-electron chi connectivity index (χ0n) is 9.46. The number of fused-ring (bicyclic) bond motifs is 1. The molecule has 0 aromatic carbocycles. The summed E-state index contributed by atoms with van der Waals surface area (Å²) in [5.74, 6) is 1.72. The molecule has 0 radical (unpaired) electrons. The lowest BCUT2D eigenvalue weighted by atomic mass is 10.1. The van der Waals surface area contributed by atoms with Crippen molar-refractivity contribution in [2.24, 2.45) is 0 Å². The van der Waals surface area contributed by atoms with Gasteiger partial charge >= 0.3 is 0 Å². The van der Waals surface area contributed by atoms with Gasteiger partial charge in [0.15, 0.2) is 0 Å². The Morgan fingerprint density at radius 2 is 2.13 bits per heavy atom. The summed E-state index contributed by atoms with van der Waals surface area (Å²) in [5, 5.41) is 6.46. The minimum absolute atomic E-state index is 0.778. The molecule has 5 heteroatoms. The van der Waals surface area contributed by atoms with Gasteiger partial charge in [-0.25, -0.2) is 4.98 Å². The van der Waals surface area contributed by atoms with Gasteiger partial charge in [-0.2, -0.15) is 4.98 Å². The van der Waals surface area contributed by atoms with Crippen molar-refractivity contribution in [3.05, 3.63) is 11.3 Å². The first-order valence-electron chi connectivity index (χ1n) is 5.18. The maximum absolute atomic E-state index is 4.56. The van der Waals surface area contributed by atoms with E-state index in [1.165, 1.54) is 5.56 Å². The molecule has 82 valence electrons. The predicted octanol–water partition coefficient (Wildman–Crippen LogP) is 0.230. The fourth-order valence-corrected chi connectivity index (χ4v) is 1.74. The van der Waals surface area contributed by atoms with Crippen molar-refractivity contribution in [2.45, 2.75) is 13.0 Å². The normalized spacial score (nSPS) is 14.6. The predicted molar refractivity (Wildman–Crippen MR) is 61.3 cm³/mol. The zero-order valence-corrected chi connectivity index (χ0v) is 9.46. The summed E-state index contributed by atoms with van der Waals surface area (Å²) in [6.45, 7) is 1.86. The summed E-state index contributed by atoms with van der Waals surface area (Å²) < 4.78 is 0. The SMILES string of the molecule is CNc1nc(N(C)C)nc2c1CNCC2. The average molecular weight is 207 g/mol. The highest BCUT2D eigenvalue weighted by Gasteiger charge is 2.17. The summed E-state index contributed by atoms with van der Waals surface area (Å²) in [6.07, 6.45) is 0.980. The number of aromatic nitrogens is 2. The Bertz CT molecular complexity index is 344. The van der Waals surface area contributed by atoms with Crippen LogP contribution in [0.5, 0.6) is 0 Å². The third-order valence-electron chi connectivity index (χ3n) is 2.56. The Kier molecular flexibility index (Phi) is 2.73. The molecule has 2 heterocycles. The molecule has 0 amide bonds. The van der Waals surface area contributed by atoms with Crippen LogP contribution in [0.25, 0.3) is 0 Å². The highest BCUT2D eigenvalue weighted by Crippen LogP contribution is 2.21. The van der Waals surface area contributed by atoms with Crippen LogP contribution >= 0.6 is 0 Å². The second-order valence-electron chi connectivity index (χ2n) is 3.87. The van der Waals surface area contributed by atoms with Gasteiger partial charge in [0, 0.05) is 46.2 Å². The second kappa shape index (κ2) is 4.02. The fraction of sp³-hybridized carbons (Fsp3) is 0.600. The average Bonchev–Trinajstić information content (AvgIpc) is 2.27. The summed E-state index contributed by atoms with van der Waals surface area (Å²) >= 11 is 0. The van der Waals surface area contributed by atoms with Crippen LogP contribution in [-0.2, 0) is 13.0 Å². The molecule has 1 aromatic rings. The maximum atomic E-state index is 4.56. The van der Waals surface area contributed by atoms with Gasteiger partial charge in [-0.05, 0) is 0 Å². The molecule has 2 N–H and O–H groups in total. The number of anilines is 2. The molecule has 0 aliphatic carbocycles. The summed E-state index contributed by atoms with van der Waals surface area (Å²) in [4.78, 5) is 11.0. The van der Waals surface area contributed by atoms with E-state index in [0.29, 0.717) is 0 Å². The summed E-state index contributed by atoms with van der Waals surface area (Å²) in [6, 6.07) is 0. The van der Waals surface area contributed by atoms with Gasteiger partial charge in [0.05, 0.1) is 5.69 Å². The van der Waals surface area contributed by atoms with E-state index in [0.717, 1.165) is 37.0 Å². The quantitative estimate of drug-likeness (QED) is 0.727. The van der Waals surface area contributed by atoms with E-state index in [2.05, 4.69) is 20.6 Å². The molecule has 2 rings (SSSR count). The van der Waals surface area contributed by atoms with Crippen LogP contribution in [-0.4, -0.2) is 37.7 Å². The molecular weight excluding hydrogens is 190 g/mol. The van der Waals surface area contributed by atoms with Crippen molar-refractivity contribution in [1.82, 2.24) is 15.3 Å². The van der Waals surface area contributed by atoms with Crippen LogP contribution in [0.15, 0.2) is 0 Å². The molecule has 1 aliphatic heterocycles. The minimum atomic E-state index is 0.778. The molecule has 0 saturated heterocycles. The Morgan fingerprint density at radius 3 is 2.80 bits per heavy atom. The highest BCUT2D eigenvalue weighted by atomic mass is 15.2. The topological polar surface area (TPSA) is 53.1 Å². The van der Waals surface area contributed by atoms with Crippen LogP contribution in [0.1, 0.15) is 11.3 Å². The first-order chi connectivity index (χ1) is 7.22. The Balaban J connectivity index is 2.48. The van der Waals surface area contributed by atoms with Gasteiger partial charge in [0.25, 0.3) is 0 Å². The molecular formula is C10H17N5. The number of hydrogen-bond donors (Lipinski definition) is 2. The van der Waals surface area contributed by atoms with Gasteiger partial charge < -0.3 is 15.5 Å². The van der Waals surface area contributed by atoms with Crippen LogP contribution in [0.4, 0.5) is 11.8 Å². The number of nitrogens with one attached hydrogen (secondary N) is 2. The van der Waals surface area contributed by atoms with Gasteiger partial charge in [-0.1, -0.05) is 0 Å². The number of rotatable bonds is 2. The lowest BCUT2D eigenvalue weighted by Gasteiger charge is -2.21. The largest absolute Gasteiger partial charge is 0.373 e. The lowest BCUT2D eigenvalue weighted by molar-refractivity contribution is 0.627. The van der Waals surface area contributed by atoms with Crippen LogP contribution in [0, 0.1) is 0 Å². The van der Waals surface area contributed by atoms with Gasteiger partial charge in [-0.3, -0.25) is 0 Å². The molecule has 0 atom stereocenters.